The molecule has 0 aliphatic heterocycles. The summed E-state index contributed by atoms with van der Waals surface area (Å²) in [7, 11) is 0. The number of urea groups is 1. The summed E-state index contributed by atoms with van der Waals surface area (Å²) in [5, 5.41) is 12.7. The van der Waals surface area contributed by atoms with Crippen molar-refractivity contribution < 1.29 is 19.1 Å². The van der Waals surface area contributed by atoms with Gasteiger partial charge < -0.3 is 10.0 Å². The van der Waals surface area contributed by atoms with Gasteiger partial charge in [-0.15, -0.1) is 11.8 Å². The number of carbonyl (C=O) groups excluding carboxylic acids is 1. The van der Waals surface area contributed by atoms with Gasteiger partial charge in [0.05, 0.1) is 10.4 Å². The van der Waals surface area contributed by atoms with Crippen molar-refractivity contribution in [2.24, 2.45) is 0 Å². The van der Waals surface area contributed by atoms with E-state index in [4.69, 9.17) is 0 Å². The average Bonchev–Trinajstić information content (AvgIpc) is 3.27. The summed E-state index contributed by atoms with van der Waals surface area (Å²) >= 11 is 4.17. The molecule has 0 bridgehead atoms. The summed E-state index contributed by atoms with van der Waals surface area (Å²) in [6.45, 7) is 7.93. The highest BCUT2D eigenvalue weighted by molar-refractivity contribution is 8.03. The minimum Gasteiger partial charge on any atom is -0.480 e. The molecule has 2 N–H and O–H groups in total. The maximum Gasteiger partial charge on any atom is 0.323 e. The number of thiazole rings is 1. The fourth-order valence-corrected chi connectivity index (χ4v) is 6.72. The third-order valence-electron chi connectivity index (χ3n) is 5.47. The molecule has 3 rings (SSSR count). The molecule has 1 aromatic carbocycles. The van der Waals surface area contributed by atoms with Crippen LogP contribution in [0.15, 0.2) is 39.6 Å². The molecule has 1 heterocycles. The van der Waals surface area contributed by atoms with E-state index in [9.17, 15) is 19.1 Å². The number of benzene rings is 1. The number of carboxylic acid groups (broad SMARTS) is 1. The molecule has 1 fully saturated rings. The van der Waals surface area contributed by atoms with Gasteiger partial charge in [-0.1, -0.05) is 56.2 Å². The van der Waals surface area contributed by atoms with E-state index < -0.39 is 10.7 Å². The first-order valence-corrected chi connectivity index (χ1v) is 14.7. The minimum absolute atomic E-state index is 0.155. The molecule has 1 saturated carbocycles. The first kappa shape index (κ1) is 29.5. The number of halogens is 1. The van der Waals surface area contributed by atoms with Gasteiger partial charge in [-0.05, 0) is 63.1 Å². The number of thioether (sulfide) groups is 2. The zero-order valence-electron chi connectivity index (χ0n) is 20.9. The number of nitrogens with zero attached hydrogens (tertiary/aromatic N) is 2. The molecule has 1 aromatic heterocycles. The summed E-state index contributed by atoms with van der Waals surface area (Å²) in [6.07, 6.45) is 7.91. The van der Waals surface area contributed by atoms with Crippen LogP contribution in [0.5, 0.6) is 0 Å². The molecule has 0 unspecified atom stereocenters. The molecule has 2 amide bonds. The van der Waals surface area contributed by atoms with Crippen LogP contribution in [0.4, 0.5) is 14.3 Å². The van der Waals surface area contributed by atoms with Crippen LogP contribution in [0.1, 0.15) is 66.2 Å². The fraction of sp³-hybridized carbons (Fsp3) is 0.560. The zero-order valence-corrected chi connectivity index (χ0v) is 23.3. The number of nitrogens with one attached hydrogen (secondary N) is 1. The van der Waals surface area contributed by atoms with Gasteiger partial charge in [-0.2, -0.15) is 0 Å². The second kappa shape index (κ2) is 14.7. The summed E-state index contributed by atoms with van der Waals surface area (Å²) in [6, 6.07) is 6.53. The third-order valence-corrected chi connectivity index (χ3v) is 8.77. The standard InChI is InChI=1S/C23H30FN3O3S3.C2H6/c1-23(2,20(28)29)33-19-15-25-21(32-19)26-22(30)27(17-7-4-3-5-8-17)13-6-14-31-18-11-9-16(24)10-12-18;1-2/h9-12,15,17H,3-8,13-14H2,1-2H3,(H,28,29)(H,25,26,30);1-2H3. The Morgan fingerprint density at radius 3 is 2.49 bits per heavy atom. The van der Waals surface area contributed by atoms with Gasteiger partial charge in [0.2, 0.25) is 0 Å². The highest BCUT2D eigenvalue weighted by Crippen LogP contribution is 2.37. The van der Waals surface area contributed by atoms with E-state index in [1.54, 1.807) is 43.9 Å². The number of aromatic nitrogens is 1. The number of hydrogen-bond donors (Lipinski definition) is 2. The number of aliphatic carboxylic acids is 1. The molecule has 35 heavy (non-hydrogen) atoms. The minimum atomic E-state index is -0.968. The molecule has 6 nitrogen and oxygen atoms in total. The first-order chi connectivity index (χ1) is 16.7. The Kier molecular flexibility index (Phi) is 12.4. The van der Waals surface area contributed by atoms with E-state index in [1.165, 1.54) is 41.7 Å². The van der Waals surface area contributed by atoms with Crippen molar-refractivity contribution in [3.63, 3.8) is 0 Å². The van der Waals surface area contributed by atoms with Crippen LogP contribution in [0.25, 0.3) is 0 Å². The van der Waals surface area contributed by atoms with Crippen molar-refractivity contribution in [1.82, 2.24) is 9.88 Å². The van der Waals surface area contributed by atoms with Crippen LogP contribution in [-0.2, 0) is 4.79 Å². The monoisotopic (exact) mass is 541 g/mol. The SMILES string of the molecule is CC.CC(C)(Sc1cnc(NC(=O)N(CCCSc2ccc(F)cc2)C2CCCCC2)s1)C(=O)O. The van der Waals surface area contributed by atoms with Crippen LogP contribution in [-0.4, -0.2) is 50.1 Å². The maximum atomic E-state index is 13.1. The van der Waals surface area contributed by atoms with Crippen molar-refractivity contribution in [3.8, 4) is 0 Å². The third kappa shape index (κ3) is 9.65. The fourth-order valence-electron chi connectivity index (χ4n) is 3.62. The van der Waals surface area contributed by atoms with Crippen LogP contribution < -0.4 is 5.32 Å². The van der Waals surface area contributed by atoms with E-state index in [2.05, 4.69) is 10.3 Å². The number of amides is 2. The summed E-state index contributed by atoms with van der Waals surface area (Å²) in [4.78, 5) is 31.8. The Labute approximate surface area is 220 Å². The lowest BCUT2D eigenvalue weighted by Crippen LogP contribution is -2.44. The number of rotatable bonds is 10. The van der Waals surface area contributed by atoms with E-state index >= 15 is 0 Å². The van der Waals surface area contributed by atoms with Gasteiger partial charge >= 0.3 is 12.0 Å². The van der Waals surface area contributed by atoms with E-state index in [0.29, 0.717) is 11.7 Å². The molecule has 1 aliphatic carbocycles. The molecule has 194 valence electrons. The number of carboxylic acids is 1. The average molecular weight is 542 g/mol. The topological polar surface area (TPSA) is 82.5 Å². The first-order valence-electron chi connectivity index (χ1n) is 12.1. The molecular formula is C25H36FN3O3S3. The Balaban J connectivity index is 0.00000210. The van der Waals surface area contributed by atoms with Gasteiger partial charge in [0.25, 0.3) is 0 Å². The number of carbonyl (C=O) groups is 2. The lowest BCUT2D eigenvalue weighted by molar-refractivity contribution is -0.138. The zero-order chi connectivity index (χ0) is 25.8. The van der Waals surface area contributed by atoms with Crippen LogP contribution in [0, 0.1) is 5.82 Å². The molecule has 2 aromatic rings. The van der Waals surface area contributed by atoms with E-state index in [0.717, 1.165) is 47.0 Å². The van der Waals surface area contributed by atoms with Crippen molar-refractivity contribution in [1.29, 1.82) is 0 Å². The van der Waals surface area contributed by atoms with Crippen molar-refractivity contribution in [3.05, 3.63) is 36.3 Å². The lowest BCUT2D eigenvalue weighted by Gasteiger charge is -2.34. The molecule has 0 radical (unpaired) electrons. The summed E-state index contributed by atoms with van der Waals surface area (Å²) < 4.78 is 12.9. The largest absolute Gasteiger partial charge is 0.480 e. The number of hydrogen-bond acceptors (Lipinski definition) is 6. The highest BCUT2D eigenvalue weighted by atomic mass is 32.2. The lowest BCUT2D eigenvalue weighted by atomic mass is 9.94. The van der Waals surface area contributed by atoms with Gasteiger partial charge in [0, 0.05) is 17.5 Å². The Morgan fingerprint density at radius 1 is 1.20 bits per heavy atom. The van der Waals surface area contributed by atoms with Crippen molar-refractivity contribution >= 4 is 52.0 Å². The van der Waals surface area contributed by atoms with Gasteiger partial charge in [-0.3, -0.25) is 10.1 Å². The molecule has 1 aliphatic rings. The summed E-state index contributed by atoms with van der Waals surface area (Å²) in [5.74, 6) is -0.298. The molecular weight excluding hydrogens is 505 g/mol. The highest BCUT2D eigenvalue weighted by Gasteiger charge is 2.30. The maximum absolute atomic E-state index is 13.1. The second-order valence-electron chi connectivity index (χ2n) is 8.47. The molecule has 10 heteroatoms. The van der Waals surface area contributed by atoms with Crippen molar-refractivity contribution in [2.75, 3.05) is 17.6 Å². The Morgan fingerprint density at radius 2 is 1.86 bits per heavy atom. The van der Waals surface area contributed by atoms with Crippen LogP contribution >= 0.6 is 34.9 Å². The number of anilines is 1. The molecule has 0 spiro atoms. The van der Waals surface area contributed by atoms with Crippen LogP contribution in [0.2, 0.25) is 0 Å². The second-order valence-corrected chi connectivity index (χ2v) is 12.6. The summed E-state index contributed by atoms with van der Waals surface area (Å²) in [5.41, 5.74) is 0. The molecule has 0 atom stereocenters. The predicted molar refractivity (Wildman–Crippen MR) is 145 cm³/mol. The predicted octanol–water partition coefficient (Wildman–Crippen LogP) is 7.61. The Hall–Kier alpha value is -1.78. The normalized spacial score (nSPS) is 14.1. The van der Waals surface area contributed by atoms with Gasteiger partial charge in [-0.25, -0.2) is 14.2 Å². The van der Waals surface area contributed by atoms with Crippen molar-refractivity contribution in [2.45, 2.75) is 86.1 Å². The van der Waals surface area contributed by atoms with Gasteiger partial charge in [0.15, 0.2) is 5.13 Å². The van der Waals surface area contributed by atoms with Crippen LogP contribution in [0.3, 0.4) is 0 Å². The smallest absolute Gasteiger partial charge is 0.323 e. The Bertz CT molecular complexity index is 932. The molecule has 0 saturated heterocycles. The quantitative estimate of drug-likeness (QED) is 0.238. The van der Waals surface area contributed by atoms with E-state index in [1.807, 2.05) is 18.7 Å². The van der Waals surface area contributed by atoms with E-state index in [-0.39, 0.29) is 17.9 Å². The van der Waals surface area contributed by atoms with Gasteiger partial charge in [0.1, 0.15) is 10.6 Å².